The van der Waals surface area contributed by atoms with E-state index in [4.69, 9.17) is 9.15 Å². The van der Waals surface area contributed by atoms with Crippen molar-refractivity contribution in [2.24, 2.45) is 7.05 Å². The second-order valence-corrected chi connectivity index (χ2v) is 8.53. The van der Waals surface area contributed by atoms with Crippen LogP contribution in [0, 0.1) is 6.92 Å². The Morgan fingerprint density at radius 3 is 2.38 bits per heavy atom. The molecule has 0 radical (unpaired) electrons. The second-order valence-electron chi connectivity index (χ2n) is 6.60. The monoisotopic (exact) mass is 425 g/mol. The molecule has 0 atom stereocenters. The molecule has 0 aliphatic heterocycles. The van der Waals surface area contributed by atoms with Gasteiger partial charge in [0, 0.05) is 33.4 Å². The molecular weight excluding hydrogens is 398 g/mol. The van der Waals surface area contributed by atoms with E-state index >= 15 is 0 Å². The standard InChI is InChI=1S/C19H27N3O6S/c1-7-22(8-2)29(25,26)15-10-17(20(4)12-15)18(23)21(5)11-14-9-16(13(3)28-14)19(24)27-6/h9-10,12H,7-8,11H2,1-6H3. The summed E-state index contributed by atoms with van der Waals surface area (Å²) in [5.41, 5.74) is 0.532. The maximum Gasteiger partial charge on any atom is 0.341 e. The fraction of sp³-hybridized carbons (Fsp3) is 0.474. The number of methoxy groups -OCH3 is 1. The van der Waals surface area contributed by atoms with Gasteiger partial charge in [0.25, 0.3) is 5.91 Å². The van der Waals surface area contributed by atoms with Crippen LogP contribution < -0.4 is 0 Å². The Bertz CT molecular complexity index is 1000. The molecule has 9 nitrogen and oxygen atoms in total. The number of furan rings is 1. The van der Waals surface area contributed by atoms with Gasteiger partial charge in [0.2, 0.25) is 10.0 Å². The Balaban J connectivity index is 2.25. The van der Waals surface area contributed by atoms with Crippen molar-refractivity contribution < 1.29 is 27.2 Å². The predicted molar refractivity (Wildman–Crippen MR) is 106 cm³/mol. The summed E-state index contributed by atoms with van der Waals surface area (Å²) in [6, 6.07) is 2.91. The van der Waals surface area contributed by atoms with Crippen molar-refractivity contribution in [3.8, 4) is 0 Å². The minimum Gasteiger partial charge on any atom is -0.465 e. The van der Waals surface area contributed by atoms with Crippen LogP contribution in [0.1, 0.15) is 46.2 Å². The fourth-order valence-electron chi connectivity index (χ4n) is 3.04. The molecule has 0 spiro atoms. The summed E-state index contributed by atoms with van der Waals surface area (Å²) in [7, 11) is 0.810. The Kier molecular flexibility index (Phi) is 6.91. The van der Waals surface area contributed by atoms with Gasteiger partial charge in [-0.1, -0.05) is 13.8 Å². The zero-order valence-corrected chi connectivity index (χ0v) is 18.4. The van der Waals surface area contributed by atoms with Crippen LogP contribution in [0.15, 0.2) is 27.6 Å². The summed E-state index contributed by atoms with van der Waals surface area (Å²) in [4.78, 5) is 26.0. The summed E-state index contributed by atoms with van der Waals surface area (Å²) in [6.07, 6.45) is 1.43. The number of ether oxygens (including phenoxy) is 1. The molecule has 0 aliphatic rings. The lowest BCUT2D eigenvalue weighted by Crippen LogP contribution is -2.30. The molecule has 160 valence electrons. The minimum atomic E-state index is -3.66. The molecule has 0 fully saturated rings. The largest absolute Gasteiger partial charge is 0.465 e. The zero-order valence-electron chi connectivity index (χ0n) is 17.6. The molecule has 2 aromatic heterocycles. The van der Waals surface area contributed by atoms with E-state index in [1.807, 2.05) is 0 Å². The average Bonchev–Trinajstić information content (AvgIpc) is 3.24. The average molecular weight is 426 g/mol. The van der Waals surface area contributed by atoms with E-state index in [0.29, 0.717) is 30.2 Å². The highest BCUT2D eigenvalue weighted by atomic mass is 32.2. The van der Waals surface area contributed by atoms with E-state index < -0.39 is 16.0 Å². The first-order valence-electron chi connectivity index (χ1n) is 9.16. The SMILES string of the molecule is CCN(CC)S(=O)(=O)c1cc(C(=O)N(C)Cc2cc(C(=O)OC)c(C)o2)n(C)c1. The quantitative estimate of drug-likeness (QED) is 0.600. The number of hydrogen-bond acceptors (Lipinski definition) is 6. The van der Waals surface area contributed by atoms with Crippen molar-refractivity contribution >= 4 is 21.9 Å². The second kappa shape index (κ2) is 8.83. The minimum absolute atomic E-state index is 0.0715. The number of nitrogens with zero attached hydrogens (tertiary/aromatic N) is 3. The number of sulfonamides is 1. The molecule has 29 heavy (non-hydrogen) atoms. The molecule has 10 heteroatoms. The molecule has 2 heterocycles. The third kappa shape index (κ3) is 4.54. The predicted octanol–water partition coefficient (Wildman–Crippen LogP) is 2.02. The fourth-order valence-corrected chi connectivity index (χ4v) is 4.57. The number of esters is 1. The smallest absolute Gasteiger partial charge is 0.341 e. The number of carbonyl (C=O) groups is 2. The third-order valence-corrected chi connectivity index (χ3v) is 6.67. The van der Waals surface area contributed by atoms with Gasteiger partial charge in [-0.05, 0) is 19.1 Å². The maximum atomic E-state index is 12.9. The van der Waals surface area contributed by atoms with Crippen molar-refractivity contribution in [1.29, 1.82) is 0 Å². The highest BCUT2D eigenvalue weighted by molar-refractivity contribution is 7.89. The van der Waals surface area contributed by atoms with E-state index in [9.17, 15) is 18.0 Å². The van der Waals surface area contributed by atoms with Crippen LogP contribution in [-0.2, 0) is 28.4 Å². The van der Waals surface area contributed by atoms with Gasteiger partial charge in [0.05, 0.1) is 13.7 Å². The zero-order chi connectivity index (χ0) is 21.9. The van der Waals surface area contributed by atoms with Crippen LogP contribution >= 0.6 is 0 Å². The lowest BCUT2D eigenvalue weighted by atomic mass is 10.2. The number of aryl methyl sites for hydroxylation is 2. The lowest BCUT2D eigenvalue weighted by Gasteiger charge is -2.17. The molecule has 2 rings (SSSR count). The van der Waals surface area contributed by atoms with E-state index in [1.165, 1.54) is 39.2 Å². The molecule has 2 aromatic rings. The summed E-state index contributed by atoms with van der Waals surface area (Å²) in [6.45, 7) is 5.96. The Morgan fingerprint density at radius 2 is 1.83 bits per heavy atom. The molecule has 0 bridgehead atoms. The summed E-state index contributed by atoms with van der Waals surface area (Å²) < 4.78 is 38.5. The van der Waals surface area contributed by atoms with Crippen LogP contribution in [0.4, 0.5) is 0 Å². The highest BCUT2D eigenvalue weighted by Crippen LogP contribution is 2.21. The number of amides is 1. The molecule has 0 unspecified atom stereocenters. The first kappa shape index (κ1) is 22.7. The van der Waals surface area contributed by atoms with E-state index in [1.54, 1.807) is 34.9 Å². The summed E-state index contributed by atoms with van der Waals surface area (Å²) in [5, 5.41) is 0. The van der Waals surface area contributed by atoms with Gasteiger partial charge < -0.3 is 18.6 Å². The molecule has 0 saturated carbocycles. The Morgan fingerprint density at radius 1 is 1.21 bits per heavy atom. The van der Waals surface area contributed by atoms with E-state index in [2.05, 4.69) is 0 Å². The van der Waals surface area contributed by atoms with Gasteiger partial charge in [-0.15, -0.1) is 0 Å². The molecule has 0 aromatic carbocycles. The van der Waals surface area contributed by atoms with Crippen molar-refractivity contribution in [3.63, 3.8) is 0 Å². The Hall–Kier alpha value is -2.59. The molecule has 0 saturated heterocycles. The van der Waals surface area contributed by atoms with Gasteiger partial charge in [-0.2, -0.15) is 4.31 Å². The lowest BCUT2D eigenvalue weighted by molar-refractivity contribution is 0.0598. The van der Waals surface area contributed by atoms with E-state index in [-0.39, 0.29) is 23.0 Å². The third-order valence-electron chi connectivity index (χ3n) is 4.66. The molecule has 1 amide bonds. The first-order chi connectivity index (χ1) is 13.6. The number of carbonyl (C=O) groups excluding carboxylic acids is 2. The topological polar surface area (TPSA) is 102 Å². The van der Waals surface area contributed by atoms with E-state index in [0.717, 1.165) is 0 Å². The Labute approximate surface area is 170 Å². The van der Waals surface area contributed by atoms with Crippen molar-refractivity contribution in [2.45, 2.75) is 32.2 Å². The van der Waals surface area contributed by atoms with Gasteiger partial charge >= 0.3 is 5.97 Å². The number of rotatable bonds is 8. The van der Waals surface area contributed by atoms with Crippen LogP contribution in [-0.4, -0.2) is 61.3 Å². The normalized spacial score (nSPS) is 11.7. The summed E-state index contributed by atoms with van der Waals surface area (Å²) in [5.74, 6) is -0.0644. The molecule has 0 aliphatic carbocycles. The molecule has 0 N–H and O–H groups in total. The van der Waals surface area contributed by atoms with Gasteiger partial charge in [0.15, 0.2) is 0 Å². The van der Waals surface area contributed by atoms with Crippen molar-refractivity contribution in [3.05, 3.63) is 41.1 Å². The number of aromatic nitrogens is 1. The number of hydrogen-bond donors (Lipinski definition) is 0. The van der Waals surface area contributed by atoms with Crippen molar-refractivity contribution in [1.82, 2.24) is 13.8 Å². The van der Waals surface area contributed by atoms with Crippen LogP contribution in [0.25, 0.3) is 0 Å². The summed E-state index contributed by atoms with van der Waals surface area (Å²) >= 11 is 0. The van der Waals surface area contributed by atoms with Crippen molar-refractivity contribution in [2.75, 3.05) is 27.2 Å². The van der Waals surface area contributed by atoms with Crippen LogP contribution in [0.3, 0.4) is 0 Å². The van der Waals surface area contributed by atoms with Gasteiger partial charge in [-0.3, -0.25) is 4.79 Å². The van der Waals surface area contributed by atoms with Gasteiger partial charge in [0.1, 0.15) is 27.7 Å². The van der Waals surface area contributed by atoms with Crippen LogP contribution in [0.5, 0.6) is 0 Å². The van der Waals surface area contributed by atoms with Crippen LogP contribution in [0.2, 0.25) is 0 Å². The first-order valence-corrected chi connectivity index (χ1v) is 10.6. The maximum absolute atomic E-state index is 12.9. The molecular formula is C19H27N3O6S. The van der Waals surface area contributed by atoms with Gasteiger partial charge in [-0.25, -0.2) is 13.2 Å². The highest BCUT2D eigenvalue weighted by Gasteiger charge is 2.27.